The number of ether oxygens (including phenoxy) is 2. The highest BCUT2D eigenvalue weighted by molar-refractivity contribution is 6.31. The SMILES string of the molecule is COc1cc(Cl)c(CNCc2cccc(Cl)c2)cc1OC. The minimum absolute atomic E-state index is 0.626. The van der Waals surface area contributed by atoms with Gasteiger partial charge in [-0.2, -0.15) is 0 Å². The van der Waals surface area contributed by atoms with Crippen LogP contribution in [0.15, 0.2) is 36.4 Å². The van der Waals surface area contributed by atoms with Gasteiger partial charge in [0.05, 0.1) is 14.2 Å². The van der Waals surface area contributed by atoms with E-state index in [1.807, 2.05) is 30.3 Å². The number of benzene rings is 2. The Morgan fingerprint density at radius 1 is 0.952 bits per heavy atom. The molecule has 0 fully saturated rings. The van der Waals surface area contributed by atoms with Crippen molar-refractivity contribution < 1.29 is 9.47 Å². The van der Waals surface area contributed by atoms with Gasteiger partial charge in [0.15, 0.2) is 11.5 Å². The van der Waals surface area contributed by atoms with Crippen LogP contribution in [0, 0.1) is 0 Å². The molecule has 3 nitrogen and oxygen atoms in total. The molecule has 0 atom stereocenters. The molecule has 0 unspecified atom stereocenters. The lowest BCUT2D eigenvalue weighted by atomic mass is 10.2. The van der Waals surface area contributed by atoms with Crippen LogP contribution < -0.4 is 14.8 Å². The van der Waals surface area contributed by atoms with Gasteiger partial charge in [-0.25, -0.2) is 0 Å². The molecule has 0 amide bonds. The van der Waals surface area contributed by atoms with E-state index in [-0.39, 0.29) is 0 Å². The normalized spacial score (nSPS) is 10.5. The highest BCUT2D eigenvalue weighted by atomic mass is 35.5. The smallest absolute Gasteiger partial charge is 0.162 e. The molecule has 21 heavy (non-hydrogen) atoms. The molecule has 0 aliphatic rings. The van der Waals surface area contributed by atoms with Gasteiger partial charge in [0, 0.05) is 29.2 Å². The molecule has 1 N–H and O–H groups in total. The minimum Gasteiger partial charge on any atom is -0.493 e. The average Bonchev–Trinajstić information content (AvgIpc) is 2.48. The Balaban J connectivity index is 2.03. The Morgan fingerprint density at radius 2 is 1.67 bits per heavy atom. The van der Waals surface area contributed by atoms with Gasteiger partial charge >= 0.3 is 0 Å². The van der Waals surface area contributed by atoms with Crippen LogP contribution in [0.3, 0.4) is 0 Å². The summed E-state index contributed by atoms with van der Waals surface area (Å²) >= 11 is 12.2. The monoisotopic (exact) mass is 325 g/mol. The Bertz CT molecular complexity index is 617. The lowest BCUT2D eigenvalue weighted by molar-refractivity contribution is 0.354. The lowest BCUT2D eigenvalue weighted by Gasteiger charge is -2.12. The predicted octanol–water partition coefficient (Wildman–Crippen LogP) is 4.30. The summed E-state index contributed by atoms with van der Waals surface area (Å²) in [7, 11) is 3.19. The Morgan fingerprint density at radius 3 is 2.33 bits per heavy atom. The Hall–Kier alpha value is -1.42. The van der Waals surface area contributed by atoms with E-state index in [2.05, 4.69) is 5.32 Å². The number of hydrogen-bond acceptors (Lipinski definition) is 3. The summed E-state index contributed by atoms with van der Waals surface area (Å²) in [5.74, 6) is 1.29. The molecule has 112 valence electrons. The van der Waals surface area contributed by atoms with Gasteiger partial charge in [-0.3, -0.25) is 0 Å². The minimum atomic E-state index is 0.626. The Labute approximate surface area is 134 Å². The fraction of sp³-hybridized carbons (Fsp3) is 0.250. The summed E-state index contributed by atoms with van der Waals surface area (Å²) in [4.78, 5) is 0. The molecule has 0 saturated heterocycles. The van der Waals surface area contributed by atoms with Gasteiger partial charge < -0.3 is 14.8 Å². The molecule has 2 aromatic carbocycles. The van der Waals surface area contributed by atoms with Crippen LogP contribution in [0.2, 0.25) is 10.0 Å². The number of hydrogen-bond donors (Lipinski definition) is 1. The van der Waals surface area contributed by atoms with Gasteiger partial charge in [0.25, 0.3) is 0 Å². The van der Waals surface area contributed by atoms with E-state index in [4.69, 9.17) is 32.7 Å². The summed E-state index contributed by atoms with van der Waals surface area (Å²) in [6.07, 6.45) is 0. The first-order chi connectivity index (χ1) is 10.1. The zero-order valence-electron chi connectivity index (χ0n) is 12.0. The van der Waals surface area contributed by atoms with Crippen LogP contribution in [-0.2, 0) is 13.1 Å². The third kappa shape index (κ3) is 4.27. The van der Waals surface area contributed by atoms with Crippen molar-refractivity contribution in [2.24, 2.45) is 0 Å². The topological polar surface area (TPSA) is 30.5 Å². The van der Waals surface area contributed by atoms with Gasteiger partial charge in [0.2, 0.25) is 0 Å². The maximum absolute atomic E-state index is 6.25. The first kappa shape index (κ1) is 16.0. The highest BCUT2D eigenvalue weighted by Crippen LogP contribution is 2.33. The standard InChI is InChI=1S/C16H17Cl2NO2/c1-20-15-7-12(14(18)8-16(15)21-2)10-19-9-11-4-3-5-13(17)6-11/h3-8,19H,9-10H2,1-2H3. The molecule has 5 heteroatoms. The average molecular weight is 326 g/mol. The largest absolute Gasteiger partial charge is 0.493 e. The molecule has 0 heterocycles. The van der Waals surface area contributed by atoms with Crippen LogP contribution >= 0.6 is 23.2 Å². The fourth-order valence-electron chi connectivity index (χ4n) is 2.02. The number of nitrogens with one attached hydrogen (secondary N) is 1. The maximum Gasteiger partial charge on any atom is 0.162 e. The fourth-order valence-corrected chi connectivity index (χ4v) is 2.45. The number of rotatable bonds is 6. The summed E-state index contributed by atoms with van der Waals surface area (Å²) in [6.45, 7) is 1.34. The van der Waals surface area contributed by atoms with Crippen LogP contribution in [-0.4, -0.2) is 14.2 Å². The van der Waals surface area contributed by atoms with Crippen molar-refractivity contribution in [1.29, 1.82) is 0 Å². The molecule has 0 bridgehead atoms. The van der Waals surface area contributed by atoms with Crippen LogP contribution in [0.1, 0.15) is 11.1 Å². The van der Waals surface area contributed by atoms with Crippen molar-refractivity contribution >= 4 is 23.2 Å². The van der Waals surface area contributed by atoms with E-state index in [1.54, 1.807) is 20.3 Å². The summed E-state index contributed by atoms with van der Waals surface area (Å²) < 4.78 is 10.5. The van der Waals surface area contributed by atoms with Gasteiger partial charge in [-0.05, 0) is 29.3 Å². The van der Waals surface area contributed by atoms with Crippen LogP contribution in [0.25, 0.3) is 0 Å². The predicted molar refractivity (Wildman–Crippen MR) is 86.6 cm³/mol. The van der Waals surface area contributed by atoms with Crippen molar-refractivity contribution in [3.8, 4) is 11.5 Å². The van der Waals surface area contributed by atoms with Crippen LogP contribution in [0.4, 0.5) is 0 Å². The highest BCUT2D eigenvalue weighted by Gasteiger charge is 2.09. The zero-order chi connectivity index (χ0) is 15.2. The van der Waals surface area contributed by atoms with E-state index in [9.17, 15) is 0 Å². The molecule has 0 aliphatic carbocycles. The molecule has 2 rings (SSSR count). The summed E-state index contributed by atoms with van der Waals surface area (Å²) in [5, 5.41) is 4.71. The van der Waals surface area contributed by atoms with Crippen molar-refractivity contribution in [2.45, 2.75) is 13.1 Å². The van der Waals surface area contributed by atoms with Gasteiger partial charge in [0.1, 0.15) is 0 Å². The first-order valence-electron chi connectivity index (χ1n) is 6.49. The summed E-state index contributed by atoms with van der Waals surface area (Å²) in [5.41, 5.74) is 2.08. The second-order valence-electron chi connectivity index (χ2n) is 4.53. The lowest BCUT2D eigenvalue weighted by Crippen LogP contribution is -2.13. The van der Waals surface area contributed by atoms with E-state index < -0.39 is 0 Å². The molecule has 0 aliphatic heterocycles. The van der Waals surface area contributed by atoms with Crippen molar-refractivity contribution in [1.82, 2.24) is 5.32 Å². The van der Waals surface area contributed by atoms with Gasteiger partial charge in [-0.15, -0.1) is 0 Å². The first-order valence-corrected chi connectivity index (χ1v) is 7.25. The molecule has 0 aromatic heterocycles. The number of methoxy groups -OCH3 is 2. The molecule has 0 saturated carbocycles. The van der Waals surface area contributed by atoms with Crippen LogP contribution in [0.5, 0.6) is 11.5 Å². The van der Waals surface area contributed by atoms with Gasteiger partial charge in [-0.1, -0.05) is 35.3 Å². The van der Waals surface area contributed by atoms with E-state index in [0.717, 1.165) is 16.1 Å². The van der Waals surface area contributed by atoms with E-state index in [0.29, 0.717) is 29.6 Å². The maximum atomic E-state index is 6.25. The van der Waals surface area contributed by atoms with Crippen molar-refractivity contribution in [3.63, 3.8) is 0 Å². The molecular weight excluding hydrogens is 309 g/mol. The Kier molecular flexibility index (Phi) is 5.74. The number of halogens is 2. The zero-order valence-corrected chi connectivity index (χ0v) is 13.5. The van der Waals surface area contributed by atoms with E-state index in [1.165, 1.54) is 0 Å². The van der Waals surface area contributed by atoms with Crippen molar-refractivity contribution in [2.75, 3.05) is 14.2 Å². The quantitative estimate of drug-likeness (QED) is 0.858. The molecule has 0 radical (unpaired) electrons. The molecule has 2 aromatic rings. The third-order valence-corrected chi connectivity index (χ3v) is 3.67. The second kappa shape index (κ2) is 7.55. The van der Waals surface area contributed by atoms with Crippen molar-refractivity contribution in [3.05, 3.63) is 57.6 Å². The molecule has 0 spiro atoms. The van der Waals surface area contributed by atoms with E-state index >= 15 is 0 Å². The third-order valence-electron chi connectivity index (χ3n) is 3.09. The molecular formula is C16H17Cl2NO2. The second-order valence-corrected chi connectivity index (χ2v) is 5.38. The summed E-state index contributed by atoms with van der Waals surface area (Å²) in [6, 6.07) is 11.4.